The number of benzene rings is 1. The molecule has 0 heterocycles. The number of hydrogen-bond donors (Lipinski definition) is 2. The van der Waals surface area contributed by atoms with Gasteiger partial charge in [0.05, 0.1) is 10.7 Å². The van der Waals surface area contributed by atoms with Gasteiger partial charge in [-0.2, -0.15) is 12.7 Å². The summed E-state index contributed by atoms with van der Waals surface area (Å²) in [6.45, 7) is 3.02. The fourth-order valence-corrected chi connectivity index (χ4v) is 2.95. The first-order chi connectivity index (χ1) is 8.88. The van der Waals surface area contributed by atoms with Gasteiger partial charge in [0, 0.05) is 13.6 Å². The number of halogens is 1. The van der Waals surface area contributed by atoms with Gasteiger partial charge >= 0.3 is 10.2 Å². The molecule has 5 nitrogen and oxygen atoms in total. The summed E-state index contributed by atoms with van der Waals surface area (Å²) in [6.07, 6.45) is 0.745. The third-order valence-corrected chi connectivity index (χ3v) is 4.54. The Kier molecular flexibility index (Phi) is 6.06. The molecule has 0 fully saturated rings. The van der Waals surface area contributed by atoms with Crippen LogP contribution in [0.1, 0.15) is 12.0 Å². The van der Waals surface area contributed by atoms with E-state index in [1.54, 1.807) is 19.2 Å². The first-order valence-corrected chi connectivity index (χ1v) is 7.84. The number of nitrogens with zero attached hydrogens (tertiary/aromatic N) is 1. The summed E-state index contributed by atoms with van der Waals surface area (Å²) in [5.74, 6) is 0. The third kappa shape index (κ3) is 4.65. The molecule has 1 rings (SSSR count). The molecule has 7 heteroatoms. The van der Waals surface area contributed by atoms with Gasteiger partial charge < -0.3 is 5.32 Å². The molecule has 0 unspecified atom stereocenters. The van der Waals surface area contributed by atoms with Crippen molar-refractivity contribution in [3.05, 3.63) is 28.8 Å². The van der Waals surface area contributed by atoms with E-state index in [2.05, 4.69) is 10.0 Å². The maximum atomic E-state index is 12.1. The lowest BCUT2D eigenvalue weighted by molar-refractivity contribution is 0.462. The maximum Gasteiger partial charge on any atom is 0.301 e. The van der Waals surface area contributed by atoms with Crippen molar-refractivity contribution in [3.8, 4) is 0 Å². The van der Waals surface area contributed by atoms with E-state index in [-0.39, 0.29) is 0 Å². The molecular weight excluding hydrogens is 286 g/mol. The van der Waals surface area contributed by atoms with Gasteiger partial charge in [0.15, 0.2) is 0 Å². The Bertz CT molecular complexity index is 499. The molecule has 0 atom stereocenters. The van der Waals surface area contributed by atoms with Gasteiger partial charge in [-0.3, -0.25) is 4.72 Å². The largest absolute Gasteiger partial charge is 0.320 e. The van der Waals surface area contributed by atoms with Crippen LogP contribution in [-0.2, 0) is 10.2 Å². The zero-order valence-corrected chi connectivity index (χ0v) is 13.0. The quantitative estimate of drug-likeness (QED) is 0.756. The standard InChI is InChI=1S/C12H20ClN3O2S/c1-10-6-4-7-11(13)12(10)15-19(17,18)16(3)9-5-8-14-2/h4,6-7,14-15H,5,8-9H2,1-3H3. The summed E-state index contributed by atoms with van der Waals surface area (Å²) in [4.78, 5) is 0. The SMILES string of the molecule is CNCCCN(C)S(=O)(=O)Nc1c(C)cccc1Cl. The van der Waals surface area contributed by atoms with E-state index in [9.17, 15) is 8.42 Å². The van der Waals surface area contributed by atoms with Gasteiger partial charge in [-0.25, -0.2) is 0 Å². The molecule has 0 aromatic heterocycles. The van der Waals surface area contributed by atoms with Crippen molar-refractivity contribution in [1.82, 2.24) is 9.62 Å². The highest BCUT2D eigenvalue weighted by Crippen LogP contribution is 2.26. The number of aryl methyl sites for hydroxylation is 1. The van der Waals surface area contributed by atoms with Crippen LogP contribution in [0.25, 0.3) is 0 Å². The minimum Gasteiger partial charge on any atom is -0.320 e. The summed E-state index contributed by atoms with van der Waals surface area (Å²) in [6, 6.07) is 5.25. The Morgan fingerprint density at radius 3 is 2.63 bits per heavy atom. The van der Waals surface area contributed by atoms with Crippen LogP contribution < -0.4 is 10.0 Å². The van der Waals surface area contributed by atoms with Crippen LogP contribution in [0.15, 0.2) is 18.2 Å². The summed E-state index contributed by atoms with van der Waals surface area (Å²) in [5.41, 5.74) is 1.23. The van der Waals surface area contributed by atoms with E-state index in [1.807, 2.05) is 20.0 Å². The minimum atomic E-state index is -3.57. The van der Waals surface area contributed by atoms with Crippen LogP contribution in [0, 0.1) is 6.92 Å². The minimum absolute atomic E-state index is 0.396. The number of rotatable bonds is 7. The second kappa shape index (κ2) is 7.09. The highest BCUT2D eigenvalue weighted by molar-refractivity contribution is 7.90. The van der Waals surface area contributed by atoms with Gasteiger partial charge in [0.2, 0.25) is 0 Å². The van der Waals surface area contributed by atoms with E-state index < -0.39 is 10.2 Å². The molecule has 1 aromatic rings. The normalized spacial score (nSPS) is 11.8. The van der Waals surface area contributed by atoms with E-state index in [4.69, 9.17) is 11.6 Å². The predicted molar refractivity (Wildman–Crippen MR) is 79.9 cm³/mol. The monoisotopic (exact) mass is 305 g/mol. The molecule has 0 aliphatic carbocycles. The van der Waals surface area contributed by atoms with E-state index in [0.29, 0.717) is 17.3 Å². The van der Waals surface area contributed by atoms with Crippen molar-refractivity contribution in [3.63, 3.8) is 0 Å². The number of para-hydroxylation sites is 1. The van der Waals surface area contributed by atoms with Crippen LogP contribution in [-0.4, -0.2) is 39.9 Å². The van der Waals surface area contributed by atoms with Gasteiger partial charge in [0.25, 0.3) is 0 Å². The van der Waals surface area contributed by atoms with Crippen LogP contribution in [0.3, 0.4) is 0 Å². The second-order valence-corrected chi connectivity index (χ2v) is 6.50. The molecular formula is C12H20ClN3O2S. The fraction of sp³-hybridized carbons (Fsp3) is 0.500. The lowest BCUT2D eigenvalue weighted by Gasteiger charge is -2.19. The Balaban J connectivity index is 2.79. The summed E-state index contributed by atoms with van der Waals surface area (Å²) >= 11 is 6.01. The summed E-state index contributed by atoms with van der Waals surface area (Å²) < 4.78 is 28.1. The van der Waals surface area contributed by atoms with Crippen LogP contribution in [0.4, 0.5) is 5.69 Å². The maximum absolute atomic E-state index is 12.1. The van der Waals surface area contributed by atoms with Crippen molar-refractivity contribution in [2.24, 2.45) is 0 Å². The zero-order valence-electron chi connectivity index (χ0n) is 11.4. The van der Waals surface area contributed by atoms with Gasteiger partial charge in [-0.05, 0) is 38.6 Å². The Morgan fingerprint density at radius 2 is 2.05 bits per heavy atom. The van der Waals surface area contributed by atoms with Crippen LogP contribution in [0.2, 0.25) is 5.02 Å². The number of anilines is 1. The van der Waals surface area contributed by atoms with E-state index in [1.165, 1.54) is 4.31 Å². The van der Waals surface area contributed by atoms with E-state index in [0.717, 1.165) is 18.5 Å². The number of nitrogens with one attached hydrogen (secondary N) is 2. The van der Waals surface area contributed by atoms with Gasteiger partial charge in [-0.15, -0.1) is 0 Å². The Morgan fingerprint density at radius 1 is 1.37 bits per heavy atom. The van der Waals surface area contributed by atoms with Crippen molar-refractivity contribution < 1.29 is 8.42 Å². The summed E-state index contributed by atoms with van der Waals surface area (Å²) in [5, 5.41) is 3.37. The molecule has 19 heavy (non-hydrogen) atoms. The van der Waals surface area contributed by atoms with Gasteiger partial charge in [-0.1, -0.05) is 23.7 Å². The Hall–Kier alpha value is -0.820. The second-order valence-electron chi connectivity index (χ2n) is 4.32. The number of hydrogen-bond acceptors (Lipinski definition) is 3. The predicted octanol–water partition coefficient (Wildman–Crippen LogP) is 1.85. The molecule has 2 N–H and O–H groups in total. The van der Waals surface area contributed by atoms with E-state index >= 15 is 0 Å². The van der Waals surface area contributed by atoms with Crippen molar-refractivity contribution in [2.75, 3.05) is 31.9 Å². The topological polar surface area (TPSA) is 61.4 Å². The molecule has 0 saturated heterocycles. The molecule has 0 radical (unpaired) electrons. The Labute approximate surface area is 120 Å². The average molecular weight is 306 g/mol. The smallest absolute Gasteiger partial charge is 0.301 e. The van der Waals surface area contributed by atoms with Crippen molar-refractivity contribution >= 4 is 27.5 Å². The molecule has 1 aromatic carbocycles. The molecule has 0 saturated carbocycles. The molecule has 0 spiro atoms. The first kappa shape index (κ1) is 16.2. The van der Waals surface area contributed by atoms with Gasteiger partial charge in [0.1, 0.15) is 0 Å². The van der Waals surface area contributed by atoms with Crippen LogP contribution >= 0.6 is 11.6 Å². The summed E-state index contributed by atoms with van der Waals surface area (Å²) in [7, 11) is -0.189. The highest BCUT2D eigenvalue weighted by atomic mass is 35.5. The molecule has 0 bridgehead atoms. The fourth-order valence-electron chi connectivity index (χ4n) is 1.57. The van der Waals surface area contributed by atoms with Crippen molar-refractivity contribution in [2.45, 2.75) is 13.3 Å². The molecule has 108 valence electrons. The lowest BCUT2D eigenvalue weighted by Crippen LogP contribution is -2.34. The average Bonchev–Trinajstić information content (AvgIpc) is 2.34. The molecule has 0 amide bonds. The zero-order chi connectivity index (χ0) is 14.5. The molecule has 0 aliphatic heterocycles. The first-order valence-electron chi connectivity index (χ1n) is 6.02. The molecule has 0 aliphatic rings. The lowest BCUT2D eigenvalue weighted by atomic mass is 10.2. The highest BCUT2D eigenvalue weighted by Gasteiger charge is 2.19. The van der Waals surface area contributed by atoms with Crippen molar-refractivity contribution in [1.29, 1.82) is 0 Å². The third-order valence-electron chi connectivity index (χ3n) is 2.76. The van der Waals surface area contributed by atoms with Crippen LogP contribution in [0.5, 0.6) is 0 Å².